The average molecular weight is 278 g/mol. The largest absolute Gasteiger partial charge is 0.389 e. The van der Waals surface area contributed by atoms with Crippen LogP contribution in [-0.2, 0) is 11.3 Å². The van der Waals surface area contributed by atoms with Gasteiger partial charge in [-0.1, -0.05) is 36.5 Å². The van der Waals surface area contributed by atoms with E-state index in [1.165, 1.54) is 5.56 Å². The number of rotatable bonds is 5. The van der Waals surface area contributed by atoms with Gasteiger partial charge in [0.25, 0.3) is 0 Å². The molecule has 1 heterocycles. The molecule has 2 N–H and O–H groups in total. The summed E-state index contributed by atoms with van der Waals surface area (Å²) in [5.74, 6) is 0. The lowest BCUT2D eigenvalue weighted by atomic mass is 10.1. The predicted octanol–water partition coefficient (Wildman–Crippen LogP) is 2.32. The van der Waals surface area contributed by atoms with Crippen molar-refractivity contribution in [2.24, 2.45) is 5.73 Å². The Morgan fingerprint density at radius 2 is 1.95 bits per heavy atom. The van der Waals surface area contributed by atoms with Gasteiger partial charge >= 0.3 is 0 Å². The molecule has 1 aromatic carbocycles. The summed E-state index contributed by atoms with van der Waals surface area (Å²) in [5.41, 5.74) is 7.85. The number of benzene rings is 1. The quantitative estimate of drug-likeness (QED) is 0.839. The second-order valence-electron chi connectivity index (χ2n) is 4.99. The molecule has 2 rings (SSSR count). The zero-order chi connectivity index (χ0) is 13.7. The third kappa shape index (κ3) is 4.27. The minimum absolute atomic E-state index is 0.457. The van der Waals surface area contributed by atoms with Crippen LogP contribution in [0.25, 0.3) is 0 Å². The highest BCUT2D eigenvalue weighted by Crippen LogP contribution is 2.16. The molecule has 0 aromatic heterocycles. The van der Waals surface area contributed by atoms with Crippen molar-refractivity contribution in [3.05, 3.63) is 35.4 Å². The van der Waals surface area contributed by atoms with E-state index < -0.39 is 0 Å². The highest BCUT2D eigenvalue weighted by Gasteiger charge is 2.19. The number of hydrogen-bond donors (Lipinski definition) is 1. The smallest absolute Gasteiger partial charge is 0.103 e. The van der Waals surface area contributed by atoms with E-state index in [9.17, 15) is 0 Å². The van der Waals surface area contributed by atoms with Crippen LogP contribution in [0.1, 0.15) is 30.9 Å². The number of nitrogens with zero attached hydrogens (tertiary/aromatic N) is 1. The van der Waals surface area contributed by atoms with E-state index in [2.05, 4.69) is 24.0 Å². The SMILES string of the molecule is CCOC1CCN(Cc2ccc(C(N)=S)cc2)CC1. The maximum atomic E-state index is 5.67. The molecule has 0 aliphatic carbocycles. The van der Waals surface area contributed by atoms with Gasteiger partial charge in [-0.15, -0.1) is 0 Å². The van der Waals surface area contributed by atoms with Crippen LogP contribution < -0.4 is 5.73 Å². The molecule has 104 valence electrons. The van der Waals surface area contributed by atoms with E-state index in [1.54, 1.807) is 0 Å². The van der Waals surface area contributed by atoms with E-state index in [0.717, 1.165) is 44.6 Å². The Labute approximate surface area is 120 Å². The fourth-order valence-electron chi connectivity index (χ4n) is 2.50. The van der Waals surface area contributed by atoms with Crippen molar-refractivity contribution >= 4 is 17.2 Å². The summed E-state index contributed by atoms with van der Waals surface area (Å²) in [6.45, 7) is 6.11. The molecule has 0 radical (unpaired) electrons. The molecular weight excluding hydrogens is 256 g/mol. The first-order valence-electron chi connectivity index (χ1n) is 6.91. The third-order valence-corrected chi connectivity index (χ3v) is 3.82. The van der Waals surface area contributed by atoms with E-state index in [1.807, 2.05) is 12.1 Å². The fourth-order valence-corrected chi connectivity index (χ4v) is 2.64. The van der Waals surface area contributed by atoms with Crippen LogP contribution in [0.2, 0.25) is 0 Å². The zero-order valence-corrected chi connectivity index (χ0v) is 12.3. The summed E-state index contributed by atoms with van der Waals surface area (Å²) in [6, 6.07) is 8.24. The molecule has 3 nitrogen and oxygen atoms in total. The van der Waals surface area contributed by atoms with Crippen molar-refractivity contribution in [2.45, 2.75) is 32.4 Å². The van der Waals surface area contributed by atoms with Crippen molar-refractivity contribution in [2.75, 3.05) is 19.7 Å². The van der Waals surface area contributed by atoms with Crippen LogP contribution in [0.15, 0.2) is 24.3 Å². The minimum atomic E-state index is 0.457. The van der Waals surface area contributed by atoms with Crippen LogP contribution in [0.5, 0.6) is 0 Å². The van der Waals surface area contributed by atoms with E-state index in [0.29, 0.717) is 11.1 Å². The van der Waals surface area contributed by atoms with Crippen molar-refractivity contribution in [3.63, 3.8) is 0 Å². The molecule has 0 amide bonds. The monoisotopic (exact) mass is 278 g/mol. The van der Waals surface area contributed by atoms with Crippen LogP contribution >= 0.6 is 12.2 Å². The summed E-state index contributed by atoms with van der Waals surface area (Å²) in [7, 11) is 0. The number of nitrogens with two attached hydrogens (primary N) is 1. The summed E-state index contributed by atoms with van der Waals surface area (Å²) in [6.07, 6.45) is 2.73. The molecule has 0 unspecified atom stereocenters. The minimum Gasteiger partial charge on any atom is -0.389 e. The van der Waals surface area contributed by atoms with Gasteiger partial charge in [0.2, 0.25) is 0 Å². The van der Waals surface area contributed by atoms with E-state index in [4.69, 9.17) is 22.7 Å². The molecule has 1 saturated heterocycles. The summed E-state index contributed by atoms with van der Waals surface area (Å²) >= 11 is 4.96. The third-order valence-electron chi connectivity index (χ3n) is 3.58. The molecule has 1 fully saturated rings. The second-order valence-corrected chi connectivity index (χ2v) is 5.43. The first kappa shape index (κ1) is 14.4. The Bertz CT molecular complexity index is 411. The number of ether oxygens (including phenoxy) is 1. The molecular formula is C15H22N2OS. The average Bonchev–Trinajstić information content (AvgIpc) is 2.42. The van der Waals surface area contributed by atoms with Gasteiger partial charge in [0.1, 0.15) is 4.99 Å². The van der Waals surface area contributed by atoms with Crippen molar-refractivity contribution in [3.8, 4) is 0 Å². The standard InChI is InChI=1S/C15H22N2OS/c1-2-18-14-7-9-17(10-8-14)11-12-3-5-13(6-4-12)15(16)19/h3-6,14H,2,7-11H2,1H3,(H2,16,19). The lowest BCUT2D eigenvalue weighted by Gasteiger charge is -2.31. The molecule has 19 heavy (non-hydrogen) atoms. The van der Waals surface area contributed by atoms with Gasteiger partial charge in [-0.3, -0.25) is 4.90 Å². The maximum Gasteiger partial charge on any atom is 0.103 e. The zero-order valence-electron chi connectivity index (χ0n) is 11.5. The Kier molecular flexibility index (Phi) is 5.31. The summed E-state index contributed by atoms with van der Waals surface area (Å²) in [5, 5.41) is 0. The molecule has 0 atom stereocenters. The Hall–Kier alpha value is -0.970. The van der Waals surface area contributed by atoms with Crippen LogP contribution in [0, 0.1) is 0 Å². The first-order valence-corrected chi connectivity index (χ1v) is 7.32. The van der Waals surface area contributed by atoms with E-state index >= 15 is 0 Å². The number of piperidine rings is 1. The molecule has 4 heteroatoms. The van der Waals surface area contributed by atoms with Gasteiger partial charge in [-0.05, 0) is 25.3 Å². The van der Waals surface area contributed by atoms with E-state index in [-0.39, 0.29) is 0 Å². The van der Waals surface area contributed by atoms with Gasteiger partial charge < -0.3 is 10.5 Å². The molecule has 0 spiro atoms. The topological polar surface area (TPSA) is 38.5 Å². The molecule has 1 aliphatic heterocycles. The van der Waals surface area contributed by atoms with Crippen LogP contribution in [0.4, 0.5) is 0 Å². The van der Waals surface area contributed by atoms with Gasteiger partial charge in [0.05, 0.1) is 6.10 Å². The Morgan fingerprint density at radius 3 is 2.47 bits per heavy atom. The summed E-state index contributed by atoms with van der Waals surface area (Å²) < 4.78 is 5.67. The predicted molar refractivity (Wildman–Crippen MR) is 82.3 cm³/mol. The lowest BCUT2D eigenvalue weighted by Crippen LogP contribution is -2.36. The van der Waals surface area contributed by atoms with Gasteiger partial charge in [0.15, 0.2) is 0 Å². The van der Waals surface area contributed by atoms with Gasteiger partial charge in [-0.2, -0.15) is 0 Å². The van der Waals surface area contributed by atoms with Crippen LogP contribution in [-0.4, -0.2) is 35.7 Å². The van der Waals surface area contributed by atoms with Gasteiger partial charge in [0, 0.05) is 31.8 Å². The fraction of sp³-hybridized carbons (Fsp3) is 0.533. The molecule has 0 saturated carbocycles. The second kappa shape index (κ2) is 6.98. The first-order chi connectivity index (χ1) is 9.19. The Balaban J connectivity index is 1.83. The number of thiocarbonyl (C=S) groups is 1. The van der Waals surface area contributed by atoms with Crippen molar-refractivity contribution in [1.29, 1.82) is 0 Å². The van der Waals surface area contributed by atoms with Gasteiger partial charge in [-0.25, -0.2) is 0 Å². The Morgan fingerprint density at radius 1 is 1.32 bits per heavy atom. The number of hydrogen-bond acceptors (Lipinski definition) is 3. The number of likely N-dealkylation sites (tertiary alicyclic amines) is 1. The van der Waals surface area contributed by atoms with Crippen molar-refractivity contribution in [1.82, 2.24) is 4.90 Å². The molecule has 1 aliphatic rings. The van der Waals surface area contributed by atoms with Crippen LogP contribution in [0.3, 0.4) is 0 Å². The summed E-state index contributed by atoms with van der Waals surface area (Å²) in [4.78, 5) is 2.94. The molecule has 0 bridgehead atoms. The molecule has 1 aromatic rings. The highest BCUT2D eigenvalue weighted by molar-refractivity contribution is 7.80. The van der Waals surface area contributed by atoms with Crippen molar-refractivity contribution < 1.29 is 4.74 Å². The highest BCUT2D eigenvalue weighted by atomic mass is 32.1. The normalized spacial score (nSPS) is 17.5. The maximum absolute atomic E-state index is 5.67. The lowest BCUT2D eigenvalue weighted by molar-refractivity contribution is 0.0125.